The molecule has 1 aliphatic heterocycles. The van der Waals surface area contributed by atoms with Crippen LogP contribution in [0.1, 0.15) is 33.2 Å². The average molecular weight is 383 g/mol. The number of ether oxygens (including phenoxy) is 1. The number of aromatic nitrogens is 2. The molecule has 1 atom stereocenters. The smallest absolute Gasteiger partial charge is 0.254 e. The van der Waals surface area contributed by atoms with Crippen LogP contribution in [0.4, 0.5) is 0 Å². The van der Waals surface area contributed by atoms with E-state index >= 15 is 0 Å². The first-order valence-corrected chi connectivity index (χ1v) is 9.70. The van der Waals surface area contributed by atoms with Crippen LogP contribution in [0.2, 0.25) is 0 Å². The minimum Gasteiger partial charge on any atom is -0.497 e. The topological polar surface area (TPSA) is 58.2 Å². The van der Waals surface area contributed by atoms with Crippen molar-refractivity contribution < 1.29 is 9.53 Å². The molecule has 2 aromatic carbocycles. The molecule has 5 heteroatoms. The van der Waals surface area contributed by atoms with Gasteiger partial charge in [0.25, 0.3) is 5.91 Å². The molecule has 0 fully saturated rings. The highest BCUT2D eigenvalue weighted by Gasteiger charge is 2.35. The number of rotatable bonds is 3. The van der Waals surface area contributed by atoms with E-state index in [0.717, 1.165) is 23.2 Å². The first-order valence-electron chi connectivity index (χ1n) is 9.70. The van der Waals surface area contributed by atoms with Crippen LogP contribution in [0.15, 0.2) is 73.1 Å². The number of pyridine rings is 1. The van der Waals surface area contributed by atoms with Crippen molar-refractivity contribution >= 4 is 16.8 Å². The largest absolute Gasteiger partial charge is 0.497 e. The fourth-order valence-corrected chi connectivity index (χ4v) is 4.27. The third kappa shape index (κ3) is 2.95. The van der Waals surface area contributed by atoms with Crippen LogP contribution < -0.4 is 4.74 Å². The van der Waals surface area contributed by atoms with Crippen molar-refractivity contribution in [3.63, 3.8) is 0 Å². The summed E-state index contributed by atoms with van der Waals surface area (Å²) in [5.74, 6) is 0.666. The maximum atomic E-state index is 13.5. The van der Waals surface area contributed by atoms with Gasteiger partial charge in [0.1, 0.15) is 5.75 Å². The summed E-state index contributed by atoms with van der Waals surface area (Å²) in [6.45, 7) is 0.643. The highest BCUT2D eigenvalue weighted by molar-refractivity contribution is 5.96. The number of amides is 1. The Morgan fingerprint density at radius 3 is 2.86 bits per heavy atom. The number of carbonyl (C=O) groups is 1. The maximum absolute atomic E-state index is 13.5. The predicted molar refractivity (Wildman–Crippen MR) is 112 cm³/mol. The first-order chi connectivity index (χ1) is 14.3. The molecule has 1 aliphatic rings. The summed E-state index contributed by atoms with van der Waals surface area (Å²) in [5.41, 5.74) is 5.07. The lowest BCUT2D eigenvalue weighted by Crippen LogP contribution is -2.40. The number of fused-ring (bicyclic) bond motifs is 3. The van der Waals surface area contributed by atoms with E-state index in [-0.39, 0.29) is 11.9 Å². The quantitative estimate of drug-likeness (QED) is 0.572. The number of hydrogen-bond donors (Lipinski definition) is 1. The van der Waals surface area contributed by atoms with Gasteiger partial charge in [-0.2, -0.15) is 0 Å². The van der Waals surface area contributed by atoms with E-state index in [1.807, 2.05) is 47.5 Å². The summed E-state index contributed by atoms with van der Waals surface area (Å²) in [6.07, 6.45) is 4.41. The van der Waals surface area contributed by atoms with Gasteiger partial charge in [0.05, 0.1) is 13.2 Å². The zero-order valence-electron chi connectivity index (χ0n) is 16.1. The van der Waals surface area contributed by atoms with Crippen molar-refractivity contribution in [2.24, 2.45) is 0 Å². The lowest BCUT2D eigenvalue weighted by molar-refractivity contribution is 0.0691. The number of hydrogen-bond acceptors (Lipinski definition) is 3. The Morgan fingerprint density at radius 1 is 1.14 bits per heavy atom. The standard InChI is InChI=1S/C24H21N3O2/c1-29-18-8-4-6-16(14-18)24(28)27-13-11-20-19-9-2-3-10-21(19)26-22(20)23(27)17-7-5-12-25-15-17/h2-10,12,14-15,23,26H,11,13H2,1H3. The minimum atomic E-state index is -0.210. The molecule has 2 aromatic heterocycles. The monoisotopic (exact) mass is 383 g/mol. The van der Waals surface area contributed by atoms with Gasteiger partial charge in [-0.15, -0.1) is 0 Å². The van der Waals surface area contributed by atoms with E-state index in [9.17, 15) is 4.79 Å². The molecular weight excluding hydrogens is 362 g/mol. The van der Waals surface area contributed by atoms with Crippen molar-refractivity contribution in [2.45, 2.75) is 12.5 Å². The van der Waals surface area contributed by atoms with E-state index in [4.69, 9.17) is 4.74 Å². The van der Waals surface area contributed by atoms with Gasteiger partial charge >= 0.3 is 0 Å². The van der Waals surface area contributed by atoms with Crippen molar-refractivity contribution in [2.75, 3.05) is 13.7 Å². The second-order valence-corrected chi connectivity index (χ2v) is 7.23. The van der Waals surface area contributed by atoms with Crippen LogP contribution in [-0.2, 0) is 6.42 Å². The van der Waals surface area contributed by atoms with E-state index in [0.29, 0.717) is 17.9 Å². The average Bonchev–Trinajstić information content (AvgIpc) is 3.17. The maximum Gasteiger partial charge on any atom is 0.254 e. The minimum absolute atomic E-state index is 0.0120. The molecule has 5 nitrogen and oxygen atoms in total. The van der Waals surface area contributed by atoms with Crippen LogP contribution >= 0.6 is 0 Å². The fourth-order valence-electron chi connectivity index (χ4n) is 4.27. The van der Waals surface area contributed by atoms with Gasteiger partial charge in [-0.25, -0.2) is 0 Å². The van der Waals surface area contributed by atoms with Gasteiger partial charge in [0, 0.05) is 41.1 Å². The Labute approximate surface area is 169 Å². The summed E-state index contributed by atoms with van der Waals surface area (Å²) in [6, 6.07) is 19.4. The van der Waals surface area contributed by atoms with Gasteiger partial charge in [-0.1, -0.05) is 30.3 Å². The molecule has 1 amide bonds. The summed E-state index contributed by atoms with van der Waals surface area (Å²) in [4.78, 5) is 23.3. The summed E-state index contributed by atoms with van der Waals surface area (Å²) < 4.78 is 5.31. The van der Waals surface area contributed by atoms with Gasteiger partial charge in [-0.05, 0) is 47.9 Å². The third-order valence-corrected chi connectivity index (χ3v) is 5.61. The number of H-pyrrole nitrogens is 1. The Morgan fingerprint density at radius 2 is 2.03 bits per heavy atom. The fraction of sp³-hybridized carbons (Fsp3) is 0.167. The molecule has 29 heavy (non-hydrogen) atoms. The lowest BCUT2D eigenvalue weighted by atomic mass is 9.92. The molecule has 0 saturated heterocycles. The summed E-state index contributed by atoms with van der Waals surface area (Å²) in [7, 11) is 1.61. The number of benzene rings is 2. The number of aromatic amines is 1. The molecule has 0 aliphatic carbocycles. The molecular formula is C24H21N3O2. The van der Waals surface area contributed by atoms with Crippen LogP contribution in [0.5, 0.6) is 5.75 Å². The number of methoxy groups -OCH3 is 1. The van der Waals surface area contributed by atoms with Crippen LogP contribution in [0.3, 0.4) is 0 Å². The first kappa shape index (κ1) is 17.5. The van der Waals surface area contributed by atoms with E-state index < -0.39 is 0 Å². The number of nitrogens with zero attached hydrogens (tertiary/aromatic N) is 2. The van der Waals surface area contributed by atoms with E-state index in [1.54, 1.807) is 19.4 Å². The van der Waals surface area contributed by atoms with E-state index in [1.165, 1.54) is 10.9 Å². The van der Waals surface area contributed by atoms with Gasteiger partial charge < -0.3 is 14.6 Å². The Bertz CT molecular complexity index is 1180. The Hall–Kier alpha value is -3.60. The van der Waals surface area contributed by atoms with Gasteiger partial charge in [0.2, 0.25) is 0 Å². The number of para-hydroxylation sites is 1. The molecule has 0 saturated carbocycles. The zero-order chi connectivity index (χ0) is 19.8. The Kier molecular flexibility index (Phi) is 4.28. The number of carbonyl (C=O) groups excluding carboxylic acids is 1. The molecule has 144 valence electrons. The van der Waals surface area contributed by atoms with Crippen LogP contribution in [0, 0.1) is 0 Å². The molecule has 0 radical (unpaired) electrons. The zero-order valence-corrected chi connectivity index (χ0v) is 16.1. The predicted octanol–water partition coefficient (Wildman–Crippen LogP) is 4.36. The lowest BCUT2D eigenvalue weighted by Gasteiger charge is -2.36. The molecule has 1 unspecified atom stereocenters. The van der Waals surface area contributed by atoms with Crippen molar-refractivity contribution in [3.8, 4) is 5.75 Å². The van der Waals surface area contributed by atoms with Gasteiger partial charge in [-0.3, -0.25) is 9.78 Å². The molecule has 0 spiro atoms. The second kappa shape index (κ2) is 7.09. The van der Waals surface area contributed by atoms with Crippen LogP contribution in [-0.4, -0.2) is 34.4 Å². The normalized spacial score (nSPS) is 15.9. The highest BCUT2D eigenvalue weighted by atomic mass is 16.5. The highest BCUT2D eigenvalue weighted by Crippen LogP contribution is 2.38. The Balaban J connectivity index is 1.64. The van der Waals surface area contributed by atoms with Crippen LogP contribution in [0.25, 0.3) is 10.9 Å². The van der Waals surface area contributed by atoms with Crippen molar-refractivity contribution in [1.29, 1.82) is 0 Å². The van der Waals surface area contributed by atoms with Crippen molar-refractivity contribution in [1.82, 2.24) is 14.9 Å². The number of nitrogens with one attached hydrogen (secondary N) is 1. The SMILES string of the molecule is COc1cccc(C(=O)N2CCc3c([nH]c4ccccc34)C2c2cccnc2)c1. The molecule has 4 aromatic rings. The molecule has 1 N–H and O–H groups in total. The second-order valence-electron chi connectivity index (χ2n) is 7.23. The summed E-state index contributed by atoms with van der Waals surface area (Å²) >= 11 is 0. The van der Waals surface area contributed by atoms with Gasteiger partial charge in [0.15, 0.2) is 0 Å². The third-order valence-electron chi connectivity index (χ3n) is 5.61. The summed E-state index contributed by atoms with van der Waals surface area (Å²) in [5, 5.41) is 1.23. The molecule has 5 rings (SSSR count). The molecule has 3 heterocycles. The van der Waals surface area contributed by atoms with E-state index in [2.05, 4.69) is 28.2 Å². The van der Waals surface area contributed by atoms with Crippen molar-refractivity contribution in [3.05, 3.63) is 95.4 Å². The molecule has 0 bridgehead atoms.